The Morgan fingerprint density at radius 1 is 0.958 bits per heavy atom. The highest BCUT2D eigenvalue weighted by Gasteiger charge is 2.15. The van der Waals surface area contributed by atoms with E-state index in [-0.39, 0.29) is 5.56 Å². The van der Waals surface area contributed by atoms with Crippen molar-refractivity contribution in [2.45, 2.75) is 20.8 Å². The van der Waals surface area contributed by atoms with E-state index in [1.165, 1.54) is 5.56 Å². The summed E-state index contributed by atoms with van der Waals surface area (Å²) in [4.78, 5) is 11.6. The minimum Gasteiger partial charge on any atom is -0.478 e. The van der Waals surface area contributed by atoms with Gasteiger partial charge in [-0.2, -0.15) is 5.10 Å². The summed E-state index contributed by atoms with van der Waals surface area (Å²) < 4.78 is 1.82. The van der Waals surface area contributed by atoms with E-state index in [0.717, 1.165) is 33.6 Å². The lowest BCUT2D eigenvalue weighted by Crippen LogP contribution is -1.98. The normalized spacial score (nSPS) is 10.8. The van der Waals surface area contributed by atoms with Crippen molar-refractivity contribution in [1.29, 1.82) is 0 Å². The number of aryl methyl sites for hydroxylation is 3. The molecule has 1 heterocycles. The quantitative estimate of drug-likeness (QED) is 0.779. The predicted octanol–water partition coefficient (Wildman–Crippen LogP) is 4.38. The molecule has 3 aromatic rings. The molecular formula is C20H20N2O2. The molecule has 0 unspecified atom stereocenters. The Hall–Kier alpha value is -2.88. The van der Waals surface area contributed by atoms with Gasteiger partial charge >= 0.3 is 5.97 Å². The molecule has 0 atom stereocenters. The van der Waals surface area contributed by atoms with Crippen molar-refractivity contribution in [1.82, 2.24) is 9.78 Å². The van der Waals surface area contributed by atoms with Gasteiger partial charge in [-0.05, 0) is 55.7 Å². The molecule has 0 spiro atoms. The third kappa shape index (κ3) is 2.83. The van der Waals surface area contributed by atoms with Crippen LogP contribution in [0.2, 0.25) is 0 Å². The van der Waals surface area contributed by atoms with Gasteiger partial charge in [0.2, 0.25) is 0 Å². The van der Waals surface area contributed by atoms with E-state index < -0.39 is 5.97 Å². The molecule has 0 bridgehead atoms. The van der Waals surface area contributed by atoms with Crippen LogP contribution in [-0.4, -0.2) is 20.9 Å². The van der Waals surface area contributed by atoms with Crippen LogP contribution < -0.4 is 0 Å². The molecule has 0 saturated carbocycles. The van der Waals surface area contributed by atoms with Gasteiger partial charge in [0.1, 0.15) is 0 Å². The number of carboxylic acid groups (broad SMARTS) is 1. The Kier molecular flexibility index (Phi) is 3.97. The second kappa shape index (κ2) is 5.96. The van der Waals surface area contributed by atoms with Crippen LogP contribution in [-0.2, 0) is 7.05 Å². The lowest BCUT2D eigenvalue weighted by molar-refractivity contribution is 0.0697. The summed E-state index contributed by atoms with van der Waals surface area (Å²) in [5.41, 5.74) is 7.15. The zero-order valence-electron chi connectivity index (χ0n) is 14.3. The van der Waals surface area contributed by atoms with Crippen LogP contribution in [0.15, 0.2) is 42.5 Å². The number of rotatable bonds is 3. The van der Waals surface area contributed by atoms with Crippen LogP contribution in [0.3, 0.4) is 0 Å². The Labute approximate surface area is 141 Å². The predicted molar refractivity (Wildman–Crippen MR) is 95.3 cm³/mol. The second-order valence-electron chi connectivity index (χ2n) is 6.14. The van der Waals surface area contributed by atoms with E-state index >= 15 is 0 Å². The monoisotopic (exact) mass is 320 g/mol. The van der Waals surface area contributed by atoms with Crippen molar-refractivity contribution in [2.24, 2.45) is 7.05 Å². The van der Waals surface area contributed by atoms with Crippen LogP contribution in [0.25, 0.3) is 22.3 Å². The van der Waals surface area contributed by atoms with Crippen molar-refractivity contribution >= 4 is 5.97 Å². The standard InChI is InChI=1S/C20H20N2O2/c1-12-5-7-15(8-6-12)16-9-17(11-18(10-16)20(23)24)19-13(2)21-22(4)14(19)3/h5-11H,1-4H3,(H,23,24). The van der Waals surface area contributed by atoms with Crippen LogP contribution >= 0.6 is 0 Å². The Balaban J connectivity index is 2.23. The molecule has 0 radical (unpaired) electrons. The molecule has 122 valence electrons. The highest BCUT2D eigenvalue weighted by molar-refractivity contribution is 5.92. The van der Waals surface area contributed by atoms with Gasteiger partial charge in [0, 0.05) is 18.3 Å². The lowest BCUT2D eigenvalue weighted by atomic mass is 9.95. The van der Waals surface area contributed by atoms with E-state index in [4.69, 9.17) is 0 Å². The van der Waals surface area contributed by atoms with Gasteiger partial charge in [0.15, 0.2) is 0 Å². The van der Waals surface area contributed by atoms with Gasteiger partial charge in [-0.1, -0.05) is 29.8 Å². The number of carboxylic acids is 1. The Morgan fingerprint density at radius 3 is 2.12 bits per heavy atom. The zero-order valence-corrected chi connectivity index (χ0v) is 14.3. The molecule has 0 saturated heterocycles. The first-order valence-electron chi connectivity index (χ1n) is 7.83. The number of aromatic carboxylic acids is 1. The number of hydrogen-bond donors (Lipinski definition) is 1. The number of nitrogens with zero attached hydrogens (tertiary/aromatic N) is 2. The van der Waals surface area contributed by atoms with Crippen molar-refractivity contribution in [2.75, 3.05) is 0 Å². The average molecular weight is 320 g/mol. The van der Waals surface area contributed by atoms with E-state index in [1.807, 2.05) is 62.8 Å². The van der Waals surface area contributed by atoms with Crippen molar-refractivity contribution < 1.29 is 9.90 Å². The molecule has 3 rings (SSSR count). The molecule has 1 N–H and O–H groups in total. The maximum Gasteiger partial charge on any atom is 0.335 e. The van der Waals surface area contributed by atoms with Gasteiger partial charge in [-0.3, -0.25) is 4.68 Å². The van der Waals surface area contributed by atoms with Gasteiger partial charge in [0.05, 0.1) is 11.3 Å². The van der Waals surface area contributed by atoms with Crippen molar-refractivity contribution in [3.63, 3.8) is 0 Å². The van der Waals surface area contributed by atoms with Crippen LogP contribution in [0.1, 0.15) is 27.3 Å². The summed E-state index contributed by atoms with van der Waals surface area (Å²) in [5, 5.41) is 13.9. The fourth-order valence-corrected chi connectivity index (χ4v) is 3.00. The molecule has 4 nitrogen and oxygen atoms in total. The molecule has 0 aliphatic rings. The van der Waals surface area contributed by atoms with Crippen LogP contribution in [0, 0.1) is 20.8 Å². The summed E-state index contributed by atoms with van der Waals surface area (Å²) in [7, 11) is 1.90. The van der Waals surface area contributed by atoms with E-state index in [1.54, 1.807) is 12.1 Å². The SMILES string of the molecule is Cc1ccc(-c2cc(C(=O)O)cc(-c3c(C)nn(C)c3C)c2)cc1. The second-order valence-corrected chi connectivity index (χ2v) is 6.14. The summed E-state index contributed by atoms with van der Waals surface area (Å²) in [6.07, 6.45) is 0. The average Bonchev–Trinajstić information content (AvgIpc) is 2.80. The minimum atomic E-state index is -0.926. The van der Waals surface area contributed by atoms with Gasteiger partial charge in [-0.25, -0.2) is 4.79 Å². The molecule has 1 aromatic heterocycles. The molecule has 0 fully saturated rings. The first kappa shape index (κ1) is 16.0. The van der Waals surface area contributed by atoms with Crippen molar-refractivity contribution in [3.05, 3.63) is 65.0 Å². The van der Waals surface area contributed by atoms with E-state index in [2.05, 4.69) is 5.10 Å². The van der Waals surface area contributed by atoms with Gasteiger partial charge in [0.25, 0.3) is 0 Å². The Morgan fingerprint density at radius 2 is 1.58 bits per heavy atom. The summed E-state index contributed by atoms with van der Waals surface area (Å²) in [5.74, 6) is -0.926. The molecule has 4 heteroatoms. The largest absolute Gasteiger partial charge is 0.478 e. The third-order valence-electron chi connectivity index (χ3n) is 4.36. The first-order valence-corrected chi connectivity index (χ1v) is 7.83. The number of benzene rings is 2. The minimum absolute atomic E-state index is 0.283. The first-order chi connectivity index (χ1) is 11.4. The molecule has 24 heavy (non-hydrogen) atoms. The summed E-state index contributed by atoms with van der Waals surface area (Å²) >= 11 is 0. The van der Waals surface area contributed by atoms with E-state index in [9.17, 15) is 9.90 Å². The molecule has 2 aromatic carbocycles. The third-order valence-corrected chi connectivity index (χ3v) is 4.36. The van der Waals surface area contributed by atoms with E-state index in [0.29, 0.717) is 0 Å². The smallest absolute Gasteiger partial charge is 0.335 e. The van der Waals surface area contributed by atoms with Gasteiger partial charge < -0.3 is 5.11 Å². The number of aromatic nitrogens is 2. The molecule has 0 aliphatic carbocycles. The van der Waals surface area contributed by atoms with Crippen molar-refractivity contribution in [3.8, 4) is 22.3 Å². The summed E-state index contributed by atoms with van der Waals surface area (Å²) in [6, 6.07) is 13.6. The summed E-state index contributed by atoms with van der Waals surface area (Å²) in [6.45, 7) is 5.97. The highest BCUT2D eigenvalue weighted by atomic mass is 16.4. The Bertz CT molecular complexity index is 922. The molecule has 0 aliphatic heterocycles. The zero-order chi connectivity index (χ0) is 17.4. The van der Waals surface area contributed by atoms with Gasteiger partial charge in [-0.15, -0.1) is 0 Å². The molecule has 0 amide bonds. The maximum absolute atomic E-state index is 11.6. The lowest BCUT2D eigenvalue weighted by Gasteiger charge is -2.09. The van der Waals surface area contributed by atoms with Crippen LogP contribution in [0.5, 0.6) is 0 Å². The fraction of sp³-hybridized carbons (Fsp3) is 0.200. The van der Waals surface area contributed by atoms with Crippen LogP contribution in [0.4, 0.5) is 0 Å². The number of hydrogen-bond acceptors (Lipinski definition) is 2. The highest BCUT2D eigenvalue weighted by Crippen LogP contribution is 2.32. The number of carbonyl (C=O) groups is 1. The topological polar surface area (TPSA) is 55.1 Å². The fourth-order valence-electron chi connectivity index (χ4n) is 3.00. The maximum atomic E-state index is 11.6. The molecular weight excluding hydrogens is 300 g/mol.